The zero-order valence-corrected chi connectivity index (χ0v) is 17.7. The molecule has 32 heavy (non-hydrogen) atoms. The zero-order chi connectivity index (χ0) is 22.9. The summed E-state index contributed by atoms with van der Waals surface area (Å²) in [6.45, 7) is 2.28. The highest BCUT2D eigenvalue weighted by Crippen LogP contribution is 2.30. The second kappa shape index (κ2) is 8.35. The van der Waals surface area contributed by atoms with Crippen LogP contribution in [0.4, 0.5) is 14.6 Å². The van der Waals surface area contributed by atoms with Crippen LogP contribution in [0.1, 0.15) is 18.1 Å². The molecule has 0 unspecified atom stereocenters. The quantitative estimate of drug-likeness (QED) is 0.467. The van der Waals surface area contributed by atoms with Gasteiger partial charge in [-0.3, -0.25) is 14.2 Å². The van der Waals surface area contributed by atoms with Crippen molar-refractivity contribution in [2.45, 2.75) is 19.8 Å². The Morgan fingerprint density at radius 1 is 1.16 bits per heavy atom. The maximum atomic E-state index is 13.7. The van der Waals surface area contributed by atoms with Crippen LogP contribution in [0.5, 0.6) is 5.88 Å². The molecule has 0 aliphatic carbocycles. The van der Waals surface area contributed by atoms with Crippen LogP contribution >= 0.6 is 12.2 Å². The van der Waals surface area contributed by atoms with E-state index in [0.29, 0.717) is 11.2 Å². The molecular weight excluding hydrogens is 438 g/mol. The number of nitrogens with one attached hydrogen (secondary N) is 1. The summed E-state index contributed by atoms with van der Waals surface area (Å²) in [5, 5.41) is 1.93. The summed E-state index contributed by atoms with van der Waals surface area (Å²) in [4.78, 5) is 28.7. The Labute approximate surface area is 186 Å². The van der Waals surface area contributed by atoms with Crippen LogP contribution in [-0.2, 0) is 10.7 Å². The minimum absolute atomic E-state index is 0.0616. The molecule has 0 radical (unpaired) electrons. The lowest BCUT2D eigenvalue weighted by molar-refractivity contribution is -0.111. The highest BCUT2D eigenvalue weighted by Gasteiger charge is 2.27. The van der Waals surface area contributed by atoms with E-state index in [1.165, 1.54) is 13.1 Å². The molecule has 0 saturated heterocycles. The molecule has 11 heteroatoms. The minimum atomic E-state index is -3.08. The number of pyridine rings is 2. The summed E-state index contributed by atoms with van der Waals surface area (Å²) in [6, 6.07) is 4.40. The third-order valence-electron chi connectivity index (χ3n) is 4.55. The third-order valence-corrected chi connectivity index (χ3v) is 4.82. The molecule has 0 atom stereocenters. The SMILES string of the molecule is Cc1cnc(NC(=O)C(=S)Oc2ccc(-c3cnc4cnccn34)cn2)cc1C(C)(F)F. The molecular formula is C21H16F2N6O2S. The lowest BCUT2D eigenvalue weighted by Gasteiger charge is -2.15. The van der Waals surface area contributed by atoms with Gasteiger partial charge >= 0.3 is 5.91 Å². The Hall–Kier alpha value is -3.86. The van der Waals surface area contributed by atoms with Crippen molar-refractivity contribution in [3.63, 3.8) is 0 Å². The first-order valence-corrected chi connectivity index (χ1v) is 9.75. The summed E-state index contributed by atoms with van der Waals surface area (Å²) < 4.78 is 34.6. The molecule has 4 heterocycles. The predicted octanol–water partition coefficient (Wildman–Crippen LogP) is 3.95. The van der Waals surface area contributed by atoms with E-state index >= 15 is 0 Å². The van der Waals surface area contributed by atoms with Crippen LogP contribution in [0.25, 0.3) is 16.9 Å². The smallest absolute Gasteiger partial charge is 0.304 e. The van der Waals surface area contributed by atoms with E-state index in [4.69, 9.17) is 17.0 Å². The van der Waals surface area contributed by atoms with E-state index in [2.05, 4.69) is 25.3 Å². The lowest BCUT2D eigenvalue weighted by Crippen LogP contribution is -2.26. The summed E-state index contributed by atoms with van der Waals surface area (Å²) in [6.07, 6.45) is 9.56. The fourth-order valence-corrected chi connectivity index (χ4v) is 3.16. The fourth-order valence-electron chi connectivity index (χ4n) is 3.02. The number of nitrogens with zero attached hydrogens (tertiary/aromatic N) is 5. The first-order valence-electron chi connectivity index (χ1n) is 9.34. The second-order valence-corrected chi connectivity index (χ2v) is 7.32. The summed E-state index contributed by atoms with van der Waals surface area (Å²) in [5.41, 5.74) is 2.32. The number of carbonyl (C=O) groups excluding carboxylic acids is 1. The van der Waals surface area contributed by atoms with Gasteiger partial charge in [0.15, 0.2) is 5.65 Å². The van der Waals surface area contributed by atoms with Crippen LogP contribution in [0.15, 0.2) is 55.4 Å². The van der Waals surface area contributed by atoms with Crippen molar-refractivity contribution in [1.29, 1.82) is 0 Å². The molecule has 0 aliphatic heterocycles. The number of carbonyl (C=O) groups is 1. The van der Waals surface area contributed by atoms with Gasteiger partial charge < -0.3 is 10.1 Å². The predicted molar refractivity (Wildman–Crippen MR) is 117 cm³/mol. The van der Waals surface area contributed by atoms with Crippen molar-refractivity contribution >= 4 is 34.6 Å². The molecule has 0 aromatic carbocycles. The van der Waals surface area contributed by atoms with Gasteiger partial charge in [0.2, 0.25) is 5.88 Å². The van der Waals surface area contributed by atoms with Crippen molar-refractivity contribution in [3.8, 4) is 17.1 Å². The average Bonchev–Trinajstić information content (AvgIpc) is 3.19. The molecule has 0 bridgehead atoms. The topological polar surface area (TPSA) is 94.3 Å². The maximum Gasteiger partial charge on any atom is 0.304 e. The van der Waals surface area contributed by atoms with Crippen LogP contribution in [-0.4, -0.2) is 35.3 Å². The van der Waals surface area contributed by atoms with Gasteiger partial charge in [-0.2, -0.15) is 0 Å². The number of thiocarbonyl (C=S) groups is 1. The Balaban J connectivity index is 1.44. The fraction of sp³-hybridized carbons (Fsp3) is 0.143. The summed E-state index contributed by atoms with van der Waals surface area (Å²) in [7, 11) is 0. The number of ether oxygens (including phenoxy) is 1. The van der Waals surface area contributed by atoms with Gasteiger partial charge in [0.25, 0.3) is 11.0 Å². The molecule has 162 valence electrons. The number of amides is 1. The first-order chi connectivity index (χ1) is 15.2. The number of fused-ring (bicyclic) bond motifs is 1. The van der Waals surface area contributed by atoms with E-state index in [1.807, 2.05) is 4.40 Å². The molecule has 4 aromatic heterocycles. The molecule has 0 fully saturated rings. The minimum Gasteiger partial charge on any atom is -0.422 e. The average molecular weight is 454 g/mol. The number of hydrogen-bond donors (Lipinski definition) is 1. The zero-order valence-electron chi connectivity index (χ0n) is 16.9. The number of aryl methyl sites for hydroxylation is 1. The lowest BCUT2D eigenvalue weighted by atomic mass is 10.1. The normalized spacial score (nSPS) is 11.4. The van der Waals surface area contributed by atoms with Crippen molar-refractivity contribution < 1.29 is 18.3 Å². The summed E-state index contributed by atoms with van der Waals surface area (Å²) in [5.74, 6) is -3.84. The molecule has 1 N–H and O–H groups in total. The van der Waals surface area contributed by atoms with E-state index < -0.39 is 16.9 Å². The number of anilines is 1. The molecule has 1 amide bonds. The van der Waals surface area contributed by atoms with E-state index in [0.717, 1.165) is 24.2 Å². The number of imidazole rings is 1. The van der Waals surface area contributed by atoms with Crippen molar-refractivity contribution in [2.24, 2.45) is 0 Å². The molecule has 0 aliphatic rings. The van der Waals surface area contributed by atoms with E-state index in [1.54, 1.807) is 43.1 Å². The monoisotopic (exact) mass is 454 g/mol. The summed E-state index contributed by atoms with van der Waals surface area (Å²) >= 11 is 4.99. The third kappa shape index (κ3) is 4.42. The van der Waals surface area contributed by atoms with Gasteiger partial charge in [0.05, 0.1) is 18.1 Å². The van der Waals surface area contributed by atoms with E-state index in [-0.39, 0.29) is 17.3 Å². The number of rotatable bonds is 4. The number of alkyl halides is 2. The Morgan fingerprint density at radius 2 is 1.97 bits per heavy atom. The Kier molecular flexibility index (Phi) is 5.57. The van der Waals surface area contributed by atoms with Gasteiger partial charge in [-0.25, -0.2) is 23.7 Å². The van der Waals surface area contributed by atoms with Gasteiger partial charge in [-0.15, -0.1) is 0 Å². The van der Waals surface area contributed by atoms with Crippen molar-refractivity contribution in [3.05, 3.63) is 66.5 Å². The maximum absolute atomic E-state index is 13.7. The van der Waals surface area contributed by atoms with E-state index in [9.17, 15) is 13.6 Å². The Morgan fingerprint density at radius 3 is 2.69 bits per heavy atom. The Bertz CT molecular complexity index is 1320. The van der Waals surface area contributed by atoms with Gasteiger partial charge in [0.1, 0.15) is 5.82 Å². The second-order valence-electron chi connectivity index (χ2n) is 6.95. The molecule has 8 nitrogen and oxygen atoms in total. The molecule has 0 saturated carbocycles. The largest absolute Gasteiger partial charge is 0.422 e. The number of halogens is 2. The molecule has 4 rings (SSSR count). The van der Waals surface area contributed by atoms with Crippen LogP contribution in [0.3, 0.4) is 0 Å². The van der Waals surface area contributed by atoms with Gasteiger partial charge in [0, 0.05) is 48.9 Å². The standard InChI is InChI=1S/C21H16F2N6O2S/c1-12-8-25-16(7-14(12)21(2,22)23)28-19(30)20(32)31-18-4-3-13(9-27-18)15-10-26-17-11-24-5-6-29(15)17/h3-11H,1-2H3,(H,25,28,30). The van der Waals surface area contributed by atoms with Crippen LogP contribution in [0.2, 0.25) is 0 Å². The first kappa shape index (κ1) is 21.4. The highest BCUT2D eigenvalue weighted by atomic mass is 32.1. The van der Waals surface area contributed by atoms with Crippen LogP contribution < -0.4 is 10.1 Å². The number of hydrogen-bond acceptors (Lipinski definition) is 7. The number of aromatic nitrogens is 5. The molecule has 4 aromatic rings. The van der Waals surface area contributed by atoms with Crippen molar-refractivity contribution in [2.75, 3.05) is 5.32 Å². The highest BCUT2D eigenvalue weighted by molar-refractivity contribution is 7.81. The van der Waals surface area contributed by atoms with Crippen molar-refractivity contribution in [1.82, 2.24) is 24.3 Å². The van der Waals surface area contributed by atoms with Crippen LogP contribution in [0, 0.1) is 6.92 Å². The van der Waals surface area contributed by atoms with Gasteiger partial charge in [-0.1, -0.05) is 0 Å². The molecule has 0 spiro atoms. The van der Waals surface area contributed by atoms with Gasteiger partial charge in [-0.05, 0) is 36.8 Å².